The molecule has 7 nitrogen and oxygen atoms in total. The van der Waals surface area contributed by atoms with Crippen LogP contribution in [-0.2, 0) is 0 Å². The van der Waals surface area contributed by atoms with Crippen LogP contribution in [0.3, 0.4) is 0 Å². The monoisotopic (exact) mass is 197 g/mol. The predicted molar refractivity (Wildman–Crippen MR) is 48.3 cm³/mol. The molecule has 0 unspecified atom stereocenters. The summed E-state index contributed by atoms with van der Waals surface area (Å²) in [5.41, 5.74) is 4.90. The Morgan fingerprint density at radius 3 is 3.07 bits per heavy atom. The Labute approximate surface area is 80.9 Å². The molecule has 1 fully saturated rings. The topological polar surface area (TPSA) is 108 Å². The smallest absolute Gasteiger partial charge is 0.364 e. The van der Waals surface area contributed by atoms with Crippen LogP contribution in [0.2, 0.25) is 0 Å². The normalized spacial score (nSPS) is 18.7. The second-order valence-corrected chi connectivity index (χ2v) is 2.77. The summed E-state index contributed by atoms with van der Waals surface area (Å²) in [6.07, 6.45) is 0. The number of nitro groups is 1. The van der Waals surface area contributed by atoms with Gasteiger partial charge in [-0.25, -0.2) is 0 Å². The van der Waals surface area contributed by atoms with Gasteiger partial charge in [-0.1, -0.05) is 0 Å². The van der Waals surface area contributed by atoms with Crippen molar-refractivity contribution in [1.29, 1.82) is 5.26 Å². The van der Waals surface area contributed by atoms with Crippen molar-refractivity contribution < 1.29 is 4.92 Å². The Morgan fingerprint density at radius 1 is 1.86 bits per heavy atom. The summed E-state index contributed by atoms with van der Waals surface area (Å²) in [5, 5.41) is 21.9. The van der Waals surface area contributed by atoms with Gasteiger partial charge in [-0.05, 0) is 0 Å². The molecule has 1 aliphatic rings. The fourth-order valence-electron chi connectivity index (χ4n) is 1.33. The summed E-state index contributed by atoms with van der Waals surface area (Å²) >= 11 is 0. The molecule has 0 amide bonds. The number of hydrogen-bond acceptors (Lipinski definition) is 6. The second-order valence-electron chi connectivity index (χ2n) is 2.77. The van der Waals surface area contributed by atoms with Crippen LogP contribution >= 0.6 is 0 Å². The first kappa shape index (κ1) is 10.3. The molecule has 1 saturated heterocycles. The van der Waals surface area contributed by atoms with Crippen molar-refractivity contribution in [2.24, 2.45) is 5.73 Å². The molecule has 0 atom stereocenters. The third kappa shape index (κ3) is 1.92. The Bertz CT molecular complexity index is 306. The molecular weight excluding hydrogens is 186 g/mol. The molecule has 76 valence electrons. The Kier molecular flexibility index (Phi) is 3.25. The van der Waals surface area contributed by atoms with Gasteiger partial charge in [0.2, 0.25) is 0 Å². The Hall–Kier alpha value is -1.81. The SMILES string of the molecule is N#CC(=C1NCCN1CCN)[N+](=O)[O-]. The van der Waals surface area contributed by atoms with E-state index < -0.39 is 10.6 Å². The average molecular weight is 197 g/mol. The maximum atomic E-state index is 10.5. The molecule has 1 heterocycles. The molecule has 14 heavy (non-hydrogen) atoms. The number of nitriles is 1. The average Bonchev–Trinajstić information content (AvgIpc) is 2.55. The number of nitrogens with two attached hydrogens (primary N) is 1. The summed E-state index contributed by atoms with van der Waals surface area (Å²) < 4.78 is 0. The lowest BCUT2D eigenvalue weighted by Crippen LogP contribution is -2.28. The van der Waals surface area contributed by atoms with Crippen molar-refractivity contribution in [2.45, 2.75) is 0 Å². The van der Waals surface area contributed by atoms with E-state index in [-0.39, 0.29) is 5.82 Å². The van der Waals surface area contributed by atoms with E-state index in [0.29, 0.717) is 26.2 Å². The van der Waals surface area contributed by atoms with Crippen molar-refractivity contribution in [1.82, 2.24) is 10.2 Å². The highest BCUT2D eigenvalue weighted by atomic mass is 16.6. The van der Waals surface area contributed by atoms with Gasteiger partial charge in [0.25, 0.3) is 0 Å². The van der Waals surface area contributed by atoms with Gasteiger partial charge in [-0.3, -0.25) is 10.1 Å². The van der Waals surface area contributed by atoms with Crippen LogP contribution in [0.15, 0.2) is 11.5 Å². The van der Waals surface area contributed by atoms with Gasteiger partial charge < -0.3 is 16.0 Å². The van der Waals surface area contributed by atoms with Crippen molar-refractivity contribution >= 4 is 0 Å². The highest BCUT2D eigenvalue weighted by Crippen LogP contribution is 2.11. The maximum absolute atomic E-state index is 10.5. The zero-order valence-corrected chi connectivity index (χ0v) is 7.56. The molecule has 0 saturated carbocycles. The number of nitrogens with zero attached hydrogens (tertiary/aromatic N) is 3. The Morgan fingerprint density at radius 2 is 2.57 bits per heavy atom. The van der Waals surface area contributed by atoms with Crippen LogP contribution in [0.4, 0.5) is 0 Å². The van der Waals surface area contributed by atoms with E-state index in [2.05, 4.69) is 5.32 Å². The quantitative estimate of drug-likeness (QED) is 0.335. The number of allylic oxidation sites excluding steroid dienone is 1. The van der Waals surface area contributed by atoms with Crippen LogP contribution < -0.4 is 11.1 Å². The fraction of sp³-hybridized carbons (Fsp3) is 0.571. The molecule has 7 heteroatoms. The molecule has 0 aliphatic carbocycles. The fourth-order valence-corrected chi connectivity index (χ4v) is 1.33. The highest BCUT2D eigenvalue weighted by Gasteiger charge is 2.26. The van der Waals surface area contributed by atoms with Gasteiger partial charge in [0.05, 0.1) is 4.92 Å². The standard InChI is InChI=1S/C7H11N5O2/c8-1-3-11-4-2-10-7(11)6(5-9)12(13)14/h10H,1-4,8H2. The summed E-state index contributed by atoms with van der Waals surface area (Å²) in [7, 11) is 0. The van der Waals surface area contributed by atoms with E-state index in [1.807, 2.05) is 0 Å². The largest absolute Gasteiger partial charge is 0.385 e. The zero-order chi connectivity index (χ0) is 10.6. The van der Waals surface area contributed by atoms with Crippen LogP contribution in [0.1, 0.15) is 0 Å². The van der Waals surface area contributed by atoms with Crippen LogP contribution in [0.25, 0.3) is 0 Å². The molecule has 1 rings (SSSR count). The summed E-state index contributed by atoms with van der Waals surface area (Å²) in [5.74, 6) is 0.281. The number of rotatable bonds is 3. The van der Waals surface area contributed by atoms with E-state index in [1.54, 1.807) is 11.0 Å². The van der Waals surface area contributed by atoms with Crippen molar-refractivity contribution in [2.75, 3.05) is 26.2 Å². The van der Waals surface area contributed by atoms with E-state index in [0.717, 1.165) is 0 Å². The highest BCUT2D eigenvalue weighted by molar-refractivity contribution is 5.21. The van der Waals surface area contributed by atoms with Gasteiger partial charge in [-0.2, -0.15) is 5.26 Å². The maximum Gasteiger partial charge on any atom is 0.385 e. The van der Waals surface area contributed by atoms with Crippen LogP contribution in [-0.4, -0.2) is 36.0 Å². The molecule has 0 spiro atoms. The summed E-state index contributed by atoms with van der Waals surface area (Å²) in [6.45, 7) is 2.17. The molecule has 0 aromatic rings. The van der Waals surface area contributed by atoms with Gasteiger partial charge in [-0.15, -0.1) is 0 Å². The van der Waals surface area contributed by atoms with Crippen molar-refractivity contribution in [3.63, 3.8) is 0 Å². The van der Waals surface area contributed by atoms with E-state index in [1.165, 1.54) is 0 Å². The third-order valence-corrected chi connectivity index (χ3v) is 1.90. The minimum Gasteiger partial charge on any atom is -0.364 e. The summed E-state index contributed by atoms with van der Waals surface area (Å²) in [6, 6.07) is 1.57. The number of nitrogens with one attached hydrogen (secondary N) is 1. The van der Waals surface area contributed by atoms with Gasteiger partial charge in [0.15, 0.2) is 11.9 Å². The van der Waals surface area contributed by atoms with Gasteiger partial charge in [0, 0.05) is 26.2 Å². The molecule has 0 aromatic carbocycles. The molecule has 0 aromatic heterocycles. The van der Waals surface area contributed by atoms with E-state index in [9.17, 15) is 10.1 Å². The lowest BCUT2D eigenvalue weighted by atomic mass is 10.4. The minimum atomic E-state index is -0.683. The van der Waals surface area contributed by atoms with E-state index in [4.69, 9.17) is 11.0 Å². The molecule has 0 bridgehead atoms. The Balaban J connectivity index is 2.93. The molecular formula is C7H11N5O2. The third-order valence-electron chi connectivity index (χ3n) is 1.90. The predicted octanol–water partition coefficient (Wildman–Crippen LogP) is -1.18. The molecule has 3 N–H and O–H groups in total. The lowest BCUT2D eigenvalue weighted by Gasteiger charge is -2.15. The van der Waals surface area contributed by atoms with Crippen LogP contribution in [0, 0.1) is 21.4 Å². The minimum absolute atomic E-state index is 0.281. The zero-order valence-electron chi connectivity index (χ0n) is 7.56. The molecule has 1 aliphatic heterocycles. The number of hydrogen-bond donors (Lipinski definition) is 2. The van der Waals surface area contributed by atoms with Crippen molar-refractivity contribution in [3.05, 3.63) is 21.6 Å². The second kappa shape index (κ2) is 4.43. The van der Waals surface area contributed by atoms with Gasteiger partial charge in [0.1, 0.15) is 0 Å². The lowest BCUT2D eigenvalue weighted by molar-refractivity contribution is -0.419. The van der Waals surface area contributed by atoms with Gasteiger partial charge >= 0.3 is 5.70 Å². The van der Waals surface area contributed by atoms with Crippen LogP contribution in [0.5, 0.6) is 0 Å². The first-order valence-electron chi connectivity index (χ1n) is 4.18. The summed E-state index contributed by atoms with van der Waals surface area (Å²) in [4.78, 5) is 11.5. The van der Waals surface area contributed by atoms with E-state index >= 15 is 0 Å². The first-order valence-corrected chi connectivity index (χ1v) is 4.18. The molecule has 0 radical (unpaired) electrons. The first-order chi connectivity index (χ1) is 6.70. The van der Waals surface area contributed by atoms with Crippen molar-refractivity contribution in [3.8, 4) is 6.07 Å².